The number of nitrogens with zero attached hydrogens (tertiary/aromatic N) is 3. The number of rotatable bonds is 14. The van der Waals surface area contributed by atoms with Gasteiger partial charge < -0.3 is 26.5 Å². The Kier molecular flexibility index (Phi) is 9.06. The van der Waals surface area contributed by atoms with E-state index in [1.807, 2.05) is 12.1 Å². The number of fused-ring (bicyclic) bond motifs is 1. The van der Waals surface area contributed by atoms with Crippen LogP contribution in [0.5, 0.6) is 6.01 Å². The Morgan fingerprint density at radius 2 is 1.81 bits per heavy atom. The Labute approximate surface area is 188 Å². The summed E-state index contributed by atoms with van der Waals surface area (Å²) in [4.78, 5) is 23.9. The number of ether oxygens (including phenoxy) is 1. The van der Waals surface area contributed by atoms with E-state index >= 15 is 0 Å². The first-order chi connectivity index (χ1) is 15.6. The highest BCUT2D eigenvalue weighted by Crippen LogP contribution is 2.19. The molecule has 0 radical (unpaired) electrons. The number of nitrogen functional groups attached to an aromatic ring is 1. The molecule has 0 aliphatic carbocycles. The summed E-state index contributed by atoms with van der Waals surface area (Å²) < 4.78 is 7.16. The molecule has 9 nitrogen and oxygen atoms in total. The van der Waals surface area contributed by atoms with Crippen LogP contribution in [0, 0.1) is 0 Å². The first kappa shape index (κ1) is 23.7. The summed E-state index contributed by atoms with van der Waals surface area (Å²) in [5.41, 5.74) is 14.4. The normalized spacial score (nSPS) is 11.3. The highest BCUT2D eigenvalue weighted by molar-refractivity contribution is 5.81. The second-order valence-electron chi connectivity index (χ2n) is 8.00. The fourth-order valence-electron chi connectivity index (χ4n) is 3.48. The quantitative estimate of drug-likeness (QED) is 0.282. The molecule has 0 aliphatic rings. The zero-order valence-electron chi connectivity index (χ0n) is 18.9. The zero-order valence-corrected chi connectivity index (χ0v) is 18.9. The zero-order chi connectivity index (χ0) is 22.8. The average molecular weight is 442 g/mol. The standard InChI is InChI=1S/C23H35N7O2/c1-2-3-14-32-22-28-20(25)19-21(29-22)30(23(31)27-19)16-18-10-8-17(9-11-18)15-26-13-7-5-4-6-12-24/h8-11,26H,2-7,12-16,24H2,1H3,(H,27,31)(H2,25,28,29). The molecule has 0 aliphatic heterocycles. The van der Waals surface area contributed by atoms with Crippen molar-refractivity contribution in [2.45, 2.75) is 58.5 Å². The van der Waals surface area contributed by atoms with Gasteiger partial charge in [-0.15, -0.1) is 0 Å². The van der Waals surface area contributed by atoms with Crippen LogP contribution in [-0.2, 0) is 13.1 Å². The highest BCUT2D eigenvalue weighted by Gasteiger charge is 2.15. The van der Waals surface area contributed by atoms with E-state index in [2.05, 4.69) is 39.3 Å². The largest absolute Gasteiger partial charge is 0.463 e. The van der Waals surface area contributed by atoms with Gasteiger partial charge in [-0.3, -0.25) is 4.57 Å². The number of H-pyrrole nitrogens is 1. The van der Waals surface area contributed by atoms with Crippen LogP contribution in [0.25, 0.3) is 11.2 Å². The fraction of sp³-hybridized carbons (Fsp3) is 0.522. The van der Waals surface area contributed by atoms with Gasteiger partial charge in [-0.25, -0.2) is 4.79 Å². The van der Waals surface area contributed by atoms with E-state index in [4.69, 9.17) is 16.2 Å². The predicted molar refractivity (Wildman–Crippen MR) is 128 cm³/mol. The van der Waals surface area contributed by atoms with Crippen molar-refractivity contribution in [2.24, 2.45) is 5.73 Å². The van der Waals surface area contributed by atoms with Crippen molar-refractivity contribution in [1.82, 2.24) is 24.8 Å². The van der Waals surface area contributed by atoms with Crippen LogP contribution in [0.1, 0.15) is 56.6 Å². The molecule has 0 fully saturated rings. The summed E-state index contributed by atoms with van der Waals surface area (Å²) in [7, 11) is 0. The minimum Gasteiger partial charge on any atom is -0.463 e. The lowest BCUT2D eigenvalue weighted by Crippen LogP contribution is -2.18. The maximum atomic E-state index is 12.5. The number of imidazole rings is 1. The molecule has 0 saturated carbocycles. The monoisotopic (exact) mass is 441 g/mol. The lowest BCUT2D eigenvalue weighted by molar-refractivity contribution is 0.286. The smallest absolute Gasteiger partial charge is 0.328 e. The van der Waals surface area contributed by atoms with Crippen molar-refractivity contribution in [1.29, 1.82) is 0 Å². The van der Waals surface area contributed by atoms with Crippen LogP contribution >= 0.6 is 0 Å². The minimum atomic E-state index is -0.271. The second kappa shape index (κ2) is 12.2. The molecule has 0 unspecified atom stereocenters. The van der Waals surface area contributed by atoms with Gasteiger partial charge in [0, 0.05) is 6.54 Å². The van der Waals surface area contributed by atoms with Gasteiger partial charge in [-0.1, -0.05) is 50.5 Å². The van der Waals surface area contributed by atoms with E-state index in [1.165, 1.54) is 18.4 Å². The molecule has 0 bridgehead atoms. The third-order valence-electron chi connectivity index (χ3n) is 5.36. The molecule has 32 heavy (non-hydrogen) atoms. The molecule has 3 rings (SSSR count). The van der Waals surface area contributed by atoms with E-state index in [-0.39, 0.29) is 17.5 Å². The maximum absolute atomic E-state index is 12.5. The Hall–Kier alpha value is -2.91. The summed E-state index contributed by atoms with van der Waals surface area (Å²) in [6.45, 7) is 5.58. The van der Waals surface area contributed by atoms with Gasteiger partial charge in [0.1, 0.15) is 5.52 Å². The number of aromatic nitrogens is 4. The van der Waals surface area contributed by atoms with Gasteiger partial charge in [0.25, 0.3) is 0 Å². The fourth-order valence-corrected chi connectivity index (χ4v) is 3.48. The predicted octanol–water partition coefficient (Wildman–Crippen LogP) is 2.54. The third kappa shape index (κ3) is 6.54. The molecule has 0 atom stereocenters. The number of benzene rings is 1. The number of nitrogens with one attached hydrogen (secondary N) is 2. The molecule has 9 heteroatoms. The van der Waals surface area contributed by atoms with Gasteiger partial charge in [-0.05, 0) is 43.5 Å². The number of anilines is 1. The summed E-state index contributed by atoms with van der Waals surface area (Å²) in [6.07, 6.45) is 6.58. The number of nitrogens with two attached hydrogens (primary N) is 2. The molecule has 174 valence electrons. The van der Waals surface area contributed by atoms with E-state index in [0.29, 0.717) is 24.3 Å². The van der Waals surface area contributed by atoms with E-state index in [0.717, 1.165) is 50.9 Å². The van der Waals surface area contributed by atoms with Gasteiger partial charge in [0.05, 0.1) is 13.2 Å². The first-order valence-corrected chi connectivity index (χ1v) is 11.5. The minimum absolute atomic E-state index is 0.195. The SMILES string of the molecule is CCCCOc1nc(N)c2[nH]c(=O)n(Cc3ccc(CNCCCCCCN)cc3)c2n1. The molecule has 6 N–H and O–H groups in total. The van der Waals surface area contributed by atoms with E-state index in [1.54, 1.807) is 4.57 Å². The number of hydrogen-bond donors (Lipinski definition) is 4. The molecular weight excluding hydrogens is 406 g/mol. The second-order valence-corrected chi connectivity index (χ2v) is 8.00. The average Bonchev–Trinajstić information content (AvgIpc) is 3.10. The first-order valence-electron chi connectivity index (χ1n) is 11.5. The summed E-state index contributed by atoms with van der Waals surface area (Å²) in [5, 5.41) is 3.47. The number of hydrogen-bond acceptors (Lipinski definition) is 7. The van der Waals surface area contributed by atoms with Crippen LogP contribution in [0.4, 0.5) is 5.82 Å². The molecule has 2 heterocycles. The van der Waals surface area contributed by atoms with Gasteiger partial charge in [0.15, 0.2) is 11.5 Å². The summed E-state index contributed by atoms with van der Waals surface area (Å²) in [5.74, 6) is 0.210. The number of aromatic amines is 1. The van der Waals surface area contributed by atoms with E-state index < -0.39 is 0 Å². The maximum Gasteiger partial charge on any atom is 0.328 e. The van der Waals surface area contributed by atoms with Gasteiger partial charge in [0.2, 0.25) is 0 Å². The van der Waals surface area contributed by atoms with Crippen LogP contribution in [0.3, 0.4) is 0 Å². The molecule has 0 spiro atoms. The Bertz CT molecular complexity index is 1030. The molecule has 0 amide bonds. The van der Waals surface area contributed by atoms with Crippen LogP contribution in [-0.4, -0.2) is 39.2 Å². The number of unbranched alkanes of at least 4 members (excludes halogenated alkanes) is 4. The third-order valence-corrected chi connectivity index (χ3v) is 5.36. The molecule has 1 aromatic carbocycles. The van der Waals surface area contributed by atoms with E-state index in [9.17, 15) is 4.79 Å². The topological polar surface area (TPSA) is 137 Å². The van der Waals surface area contributed by atoms with Crippen molar-refractivity contribution in [3.63, 3.8) is 0 Å². The van der Waals surface area contributed by atoms with Crippen molar-refractivity contribution in [3.05, 3.63) is 45.9 Å². The highest BCUT2D eigenvalue weighted by atomic mass is 16.5. The van der Waals surface area contributed by atoms with Crippen molar-refractivity contribution in [3.8, 4) is 6.01 Å². The lowest BCUT2D eigenvalue weighted by atomic mass is 10.1. The molecule has 0 saturated heterocycles. The Morgan fingerprint density at radius 3 is 2.56 bits per heavy atom. The van der Waals surface area contributed by atoms with Crippen LogP contribution in [0.2, 0.25) is 0 Å². The van der Waals surface area contributed by atoms with Gasteiger partial charge >= 0.3 is 11.7 Å². The molecule has 2 aromatic heterocycles. The lowest BCUT2D eigenvalue weighted by Gasteiger charge is -2.08. The van der Waals surface area contributed by atoms with Crippen molar-refractivity contribution >= 4 is 17.0 Å². The summed E-state index contributed by atoms with van der Waals surface area (Å²) in [6, 6.07) is 8.43. The van der Waals surface area contributed by atoms with Crippen molar-refractivity contribution in [2.75, 3.05) is 25.4 Å². The Balaban J connectivity index is 1.62. The Morgan fingerprint density at radius 1 is 1.06 bits per heavy atom. The van der Waals surface area contributed by atoms with Crippen LogP contribution < -0.4 is 27.2 Å². The molecular formula is C23H35N7O2. The summed E-state index contributed by atoms with van der Waals surface area (Å²) >= 11 is 0. The molecule has 3 aromatic rings. The van der Waals surface area contributed by atoms with Crippen molar-refractivity contribution < 1.29 is 4.74 Å². The van der Waals surface area contributed by atoms with Crippen LogP contribution in [0.15, 0.2) is 29.1 Å². The van der Waals surface area contributed by atoms with Gasteiger partial charge in [-0.2, -0.15) is 9.97 Å².